The fourth-order valence-corrected chi connectivity index (χ4v) is 3.16. The van der Waals surface area contributed by atoms with Crippen molar-refractivity contribution in [3.05, 3.63) is 0 Å². The molecule has 0 aliphatic carbocycles. The van der Waals surface area contributed by atoms with Gasteiger partial charge in [-0.2, -0.15) is 0 Å². The summed E-state index contributed by atoms with van der Waals surface area (Å²) in [5.41, 5.74) is -0.183. The van der Waals surface area contributed by atoms with E-state index in [1.165, 1.54) is 0 Å². The minimum absolute atomic E-state index is 0.183. The summed E-state index contributed by atoms with van der Waals surface area (Å²) in [5, 5.41) is 10.1. The van der Waals surface area contributed by atoms with E-state index in [-0.39, 0.29) is 11.6 Å². The number of nitrogens with zero attached hydrogens (tertiary/aromatic N) is 2. The average molecular weight is 242 g/mol. The number of piperazine rings is 1. The van der Waals surface area contributed by atoms with Gasteiger partial charge in [0.2, 0.25) is 0 Å². The Bertz CT molecular complexity index is 272. The SMILES string of the molecule is CC(C)N1CCN([C@]2(C)COC[C@@H]2O)C[C@@H]1C. The fraction of sp³-hybridized carbons (Fsp3) is 1.00. The van der Waals surface area contributed by atoms with Crippen LogP contribution in [-0.2, 0) is 4.74 Å². The highest BCUT2D eigenvalue weighted by molar-refractivity contribution is 5.00. The van der Waals surface area contributed by atoms with Crippen LogP contribution in [0.25, 0.3) is 0 Å². The molecular weight excluding hydrogens is 216 g/mol. The molecule has 0 saturated carbocycles. The molecule has 17 heavy (non-hydrogen) atoms. The Hall–Kier alpha value is -0.160. The van der Waals surface area contributed by atoms with E-state index in [1.807, 2.05) is 0 Å². The molecule has 0 bridgehead atoms. The van der Waals surface area contributed by atoms with E-state index in [0.29, 0.717) is 25.3 Å². The van der Waals surface area contributed by atoms with Crippen LogP contribution in [0.5, 0.6) is 0 Å². The zero-order chi connectivity index (χ0) is 12.6. The minimum atomic E-state index is -0.347. The molecule has 3 atom stereocenters. The first-order valence-corrected chi connectivity index (χ1v) is 6.72. The molecule has 2 rings (SSSR count). The van der Waals surface area contributed by atoms with Gasteiger partial charge in [0.15, 0.2) is 0 Å². The molecule has 0 aromatic rings. The molecule has 0 unspecified atom stereocenters. The van der Waals surface area contributed by atoms with E-state index in [4.69, 9.17) is 4.74 Å². The highest BCUT2D eigenvalue weighted by atomic mass is 16.5. The van der Waals surface area contributed by atoms with Crippen LogP contribution in [-0.4, -0.2) is 71.5 Å². The monoisotopic (exact) mass is 242 g/mol. The van der Waals surface area contributed by atoms with Crippen LogP contribution in [0.1, 0.15) is 27.7 Å². The molecule has 2 heterocycles. The van der Waals surface area contributed by atoms with Crippen molar-refractivity contribution in [2.75, 3.05) is 32.8 Å². The van der Waals surface area contributed by atoms with Gasteiger partial charge < -0.3 is 9.84 Å². The summed E-state index contributed by atoms with van der Waals surface area (Å²) in [4.78, 5) is 4.94. The van der Waals surface area contributed by atoms with Crippen molar-refractivity contribution in [2.24, 2.45) is 0 Å². The molecule has 0 aromatic heterocycles. The van der Waals surface area contributed by atoms with Crippen LogP contribution < -0.4 is 0 Å². The van der Waals surface area contributed by atoms with Crippen LogP contribution in [0.2, 0.25) is 0 Å². The lowest BCUT2D eigenvalue weighted by atomic mass is 9.94. The molecule has 0 aromatic carbocycles. The second kappa shape index (κ2) is 4.84. The molecule has 100 valence electrons. The van der Waals surface area contributed by atoms with Gasteiger partial charge in [-0.25, -0.2) is 0 Å². The van der Waals surface area contributed by atoms with Gasteiger partial charge in [0.05, 0.1) is 24.9 Å². The van der Waals surface area contributed by atoms with Gasteiger partial charge in [-0.15, -0.1) is 0 Å². The van der Waals surface area contributed by atoms with Gasteiger partial charge in [0.25, 0.3) is 0 Å². The molecular formula is C13H26N2O2. The lowest BCUT2D eigenvalue weighted by Gasteiger charge is -2.48. The molecule has 4 heteroatoms. The quantitative estimate of drug-likeness (QED) is 0.767. The van der Waals surface area contributed by atoms with Gasteiger partial charge in [0, 0.05) is 31.7 Å². The molecule has 2 fully saturated rings. The minimum Gasteiger partial charge on any atom is -0.389 e. The second-order valence-electron chi connectivity index (χ2n) is 6.01. The van der Waals surface area contributed by atoms with E-state index < -0.39 is 0 Å². The molecule has 2 aliphatic rings. The highest BCUT2D eigenvalue weighted by Gasteiger charge is 2.45. The first-order chi connectivity index (χ1) is 7.95. The van der Waals surface area contributed by atoms with Crippen LogP contribution in [0.3, 0.4) is 0 Å². The predicted molar refractivity (Wildman–Crippen MR) is 68.1 cm³/mol. The van der Waals surface area contributed by atoms with Gasteiger partial charge in [-0.05, 0) is 27.7 Å². The number of aliphatic hydroxyl groups excluding tert-OH is 1. The van der Waals surface area contributed by atoms with Crippen LogP contribution in [0.4, 0.5) is 0 Å². The predicted octanol–water partition coefficient (Wildman–Crippen LogP) is 0.551. The summed E-state index contributed by atoms with van der Waals surface area (Å²) in [6, 6.07) is 1.15. The van der Waals surface area contributed by atoms with Crippen molar-refractivity contribution >= 4 is 0 Å². The van der Waals surface area contributed by atoms with Gasteiger partial charge >= 0.3 is 0 Å². The maximum absolute atomic E-state index is 10.1. The number of ether oxygens (including phenoxy) is 1. The Morgan fingerprint density at radius 2 is 2.06 bits per heavy atom. The van der Waals surface area contributed by atoms with E-state index in [9.17, 15) is 5.11 Å². The molecule has 0 amide bonds. The molecule has 0 spiro atoms. The molecule has 0 radical (unpaired) electrons. The third-order valence-corrected chi connectivity index (χ3v) is 4.45. The summed E-state index contributed by atoms with van der Waals surface area (Å²) >= 11 is 0. The van der Waals surface area contributed by atoms with E-state index in [2.05, 4.69) is 37.5 Å². The Balaban J connectivity index is 2.02. The van der Waals surface area contributed by atoms with Crippen molar-refractivity contribution in [3.8, 4) is 0 Å². The topological polar surface area (TPSA) is 35.9 Å². The number of aliphatic hydroxyl groups is 1. The highest BCUT2D eigenvalue weighted by Crippen LogP contribution is 2.29. The first-order valence-electron chi connectivity index (χ1n) is 6.72. The lowest BCUT2D eigenvalue weighted by molar-refractivity contribution is -0.0402. The summed E-state index contributed by atoms with van der Waals surface area (Å²) in [7, 11) is 0. The number of hydrogen-bond acceptors (Lipinski definition) is 4. The standard InChI is InChI=1S/C13H26N2O2/c1-10(2)15-6-5-14(7-11(15)3)13(4)9-17-8-12(13)16/h10-12,16H,5-9H2,1-4H3/t11-,12-,13+/m0/s1. The van der Waals surface area contributed by atoms with E-state index in [0.717, 1.165) is 19.6 Å². The number of hydrogen-bond donors (Lipinski definition) is 1. The third-order valence-electron chi connectivity index (χ3n) is 4.45. The maximum atomic E-state index is 10.1. The van der Waals surface area contributed by atoms with Gasteiger partial charge in [0.1, 0.15) is 0 Å². The largest absolute Gasteiger partial charge is 0.389 e. The zero-order valence-corrected chi connectivity index (χ0v) is 11.5. The van der Waals surface area contributed by atoms with Crippen molar-refractivity contribution in [1.29, 1.82) is 0 Å². The van der Waals surface area contributed by atoms with Gasteiger partial charge in [-0.3, -0.25) is 9.80 Å². The Labute approximate surface area is 105 Å². The zero-order valence-electron chi connectivity index (χ0n) is 11.5. The molecule has 4 nitrogen and oxygen atoms in total. The Morgan fingerprint density at radius 3 is 2.53 bits per heavy atom. The number of rotatable bonds is 2. The summed E-state index contributed by atoms with van der Waals surface area (Å²) in [6.07, 6.45) is -0.347. The first kappa shape index (κ1) is 13.3. The Morgan fingerprint density at radius 1 is 1.35 bits per heavy atom. The molecule has 2 aliphatic heterocycles. The summed E-state index contributed by atoms with van der Waals surface area (Å²) < 4.78 is 5.43. The maximum Gasteiger partial charge on any atom is 0.0976 e. The van der Waals surface area contributed by atoms with E-state index >= 15 is 0 Å². The average Bonchev–Trinajstić information content (AvgIpc) is 2.60. The summed E-state index contributed by atoms with van der Waals surface area (Å²) in [6.45, 7) is 13.2. The summed E-state index contributed by atoms with van der Waals surface area (Å²) in [5.74, 6) is 0. The van der Waals surface area contributed by atoms with Crippen LogP contribution >= 0.6 is 0 Å². The van der Waals surface area contributed by atoms with E-state index in [1.54, 1.807) is 0 Å². The smallest absolute Gasteiger partial charge is 0.0976 e. The van der Waals surface area contributed by atoms with Crippen molar-refractivity contribution in [1.82, 2.24) is 9.80 Å². The van der Waals surface area contributed by atoms with Gasteiger partial charge in [-0.1, -0.05) is 0 Å². The molecule has 2 saturated heterocycles. The van der Waals surface area contributed by atoms with Crippen LogP contribution in [0, 0.1) is 0 Å². The van der Waals surface area contributed by atoms with Crippen molar-refractivity contribution < 1.29 is 9.84 Å². The van der Waals surface area contributed by atoms with Crippen LogP contribution in [0.15, 0.2) is 0 Å². The Kier molecular flexibility index (Phi) is 3.78. The fourth-order valence-electron chi connectivity index (χ4n) is 3.16. The normalized spacial score (nSPS) is 41.3. The third kappa shape index (κ3) is 2.36. The second-order valence-corrected chi connectivity index (χ2v) is 6.01. The van der Waals surface area contributed by atoms with Crippen molar-refractivity contribution in [2.45, 2.75) is 51.4 Å². The lowest BCUT2D eigenvalue weighted by Crippen LogP contribution is -2.63. The van der Waals surface area contributed by atoms with Crippen molar-refractivity contribution in [3.63, 3.8) is 0 Å². The molecule has 1 N–H and O–H groups in total.